The standard InChI is InChI=1S/C30H26N4O5S/c1-3-7-21-12-20(15-26(38-2)28(21)39-18-19-8-6-9-23(14-19)34(36)37)13-22(16-31)29(35)33-30-25(17-32)24-10-4-5-11-27(24)40-30/h3,6,8-9,12-15H,1,4-5,7,10-11,18H2,2H3,(H,33,35)/b22-13+. The maximum Gasteiger partial charge on any atom is 0.269 e. The average molecular weight is 555 g/mol. The summed E-state index contributed by atoms with van der Waals surface area (Å²) in [5.41, 5.74) is 3.15. The molecule has 0 aliphatic heterocycles. The lowest BCUT2D eigenvalue weighted by atomic mass is 9.96. The van der Waals surface area contributed by atoms with E-state index in [9.17, 15) is 25.4 Å². The first-order valence-corrected chi connectivity index (χ1v) is 13.4. The lowest BCUT2D eigenvalue weighted by molar-refractivity contribution is -0.384. The summed E-state index contributed by atoms with van der Waals surface area (Å²) >= 11 is 1.40. The Hall–Kier alpha value is -4.93. The number of hydrogen-bond donors (Lipinski definition) is 1. The van der Waals surface area contributed by atoms with Crippen molar-refractivity contribution in [3.63, 3.8) is 0 Å². The number of amides is 1. The highest BCUT2D eigenvalue weighted by Crippen LogP contribution is 2.38. The molecule has 1 heterocycles. The molecule has 0 radical (unpaired) electrons. The number of nitro benzene ring substituents is 1. The second kappa shape index (κ2) is 12.7. The van der Waals surface area contributed by atoms with Crippen molar-refractivity contribution in [1.29, 1.82) is 10.5 Å². The fourth-order valence-corrected chi connectivity index (χ4v) is 5.80. The van der Waals surface area contributed by atoms with Crippen molar-refractivity contribution in [2.75, 3.05) is 12.4 Å². The molecule has 1 N–H and O–H groups in total. The molecular formula is C30H26N4O5S. The van der Waals surface area contributed by atoms with E-state index in [1.807, 2.05) is 6.07 Å². The first-order valence-electron chi connectivity index (χ1n) is 12.5. The van der Waals surface area contributed by atoms with E-state index in [2.05, 4.69) is 18.0 Å². The van der Waals surface area contributed by atoms with Gasteiger partial charge in [-0.25, -0.2) is 0 Å². The van der Waals surface area contributed by atoms with Gasteiger partial charge in [0.05, 0.1) is 17.6 Å². The molecule has 10 heteroatoms. The molecule has 0 atom stereocenters. The van der Waals surface area contributed by atoms with Crippen molar-refractivity contribution in [3.8, 4) is 23.6 Å². The van der Waals surface area contributed by atoms with Gasteiger partial charge in [0, 0.05) is 22.6 Å². The minimum atomic E-state index is -0.604. The molecule has 0 unspecified atom stereocenters. The van der Waals surface area contributed by atoms with Crippen molar-refractivity contribution in [2.45, 2.75) is 38.7 Å². The highest BCUT2D eigenvalue weighted by atomic mass is 32.1. The number of benzene rings is 2. The number of nitriles is 2. The molecule has 0 saturated heterocycles. The van der Waals surface area contributed by atoms with Gasteiger partial charge in [-0.1, -0.05) is 18.2 Å². The van der Waals surface area contributed by atoms with Crippen LogP contribution in [0.3, 0.4) is 0 Å². The number of nitro groups is 1. The number of anilines is 1. The van der Waals surface area contributed by atoms with E-state index in [4.69, 9.17) is 9.47 Å². The molecule has 0 spiro atoms. The maximum atomic E-state index is 13.1. The molecule has 0 fully saturated rings. The zero-order valence-corrected chi connectivity index (χ0v) is 22.7. The Kier molecular flexibility index (Phi) is 8.95. The fourth-order valence-electron chi connectivity index (χ4n) is 4.56. The molecule has 1 aliphatic rings. The van der Waals surface area contributed by atoms with Gasteiger partial charge in [0.15, 0.2) is 11.5 Å². The number of ether oxygens (including phenoxy) is 2. The molecular weight excluding hydrogens is 528 g/mol. The monoisotopic (exact) mass is 554 g/mol. The van der Waals surface area contributed by atoms with Gasteiger partial charge < -0.3 is 14.8 Å². The van der Waals surface area contributed by atoms with Crippen LogP contribution in [0.4, 0.5) is 10.7 Å². The van der Waals surface area contributed by atoms with Crippen LogP contribution in [0.5, 0.6) is 11.5 Å². The Balaban J connectivity index is 1.61. The molecule has 1 aromatic heterocycles. The number of fused-ring (bicyclic) bond motifs is 1. The van der Waals surface area contributed by atoms with Gasteiger partial charge in [0.1, 0.15) is 29.3 Å². The number of carbonyl (C=O) groups is 1. The van der Waals surface area contributed by atoms with Crippen LogP contribution in [0.25, 0.3) is 6.08 Å². The van der Waals surface area contributed by atoms with E-state index in [-0.39, 0.29) is 17.9 Å². The van der Waals surface area contributed by atoms with Crippen LogP contribution < -0.4 is 14.8 Å². The third kappa shape index (κ3) is 6.20. The Morgan fingerprint density at radius 3 is 2.75 bits per heavy atom. The topological polar surface area (TPSA) is 138 Å². The van der Waals surface area contributed by atoms with Crippen molar-refractivity contribution < 1.29 is 19.2 Å². The predicted octanol–water partition coefficient (Wildman–Crippen LogP) is 6.27. The lowest BCUT2D eigenvalue weighted by Gasteiger charge is -2.16. The predicted molar refractivity (Wildman–Crippen MR) is 152 cm³/mol. The maximum absolute atomic E-state index is 13.1. The summed E-state index contributed by atoms with van der Waals surface area (Å²) in [5, 5.41) is 33.8. The average Bonchev–Trinajstić information content (AvgIpc) is 3.31. The highest BCUT2D eigenvalue weighted by molar-refractivity contribution is 7.16. The van der Waals surface area contributed by atoms with Crippen molar-refractivity contribution in [2.24, 2.45) is 0 Å². The van der Waals surface area contributed by atoms with E-state index in [0.717, 1.165) is 36.1 Å². The van der Waals surface area contributed by atoms with E-state index in [1.165, 1.54) is 36.7 Å². The minimum Gasteiger partial charge on any atom is -0.493 e. The number of non-ortho nitro benzene ring substituents is 1. The Bertz CT molecular complexity index is 1590. The van der Waals surface area contributed by atoms with Gasteiger partial charge in [-0.3, -0.25) is 14.9 Å². The van der Waals surface area contributed by atoms with Crippen LogP contribution in [0.15, 0.2) is 54.6 Å². The largest absolute Gasteiger partial charge is 0.493 e. The quantitative estimate of drug-likeness (QED) is 0.102. The molecule has 4 rings (SSSR count). The smallest absolute Gasteiger partial charge is 0.269 e. The van der Waals surface area contributed by atoms with Gasteiger partial charge in [-0.2, -0.15) is 10.5 Å². The number of aryl methyl sites for hydroxylation is 1. The summed E-state index contributed by atoms with van der Waals surface area (Å²) in [5.74, 6) is 0.191. The summed E-state index contributed by atoms with van der Waals surface area (Å²) in [6.07, 6.45) is 7.29. The zero-order valence-electron chi connectivity index (χ0n) is 21.9. The van der Waals surface area contributed by atoms with Crippen LogP contribution in [0.1, 0.15) is 45.5 Å². The van der Waals surface area contributed by atoms with Crippen LogP contribution >= 0.6 is 11.3 Å². The molecule has 1 amide bonds. The van der Waals surface area contributed by atoms with E-state index in [1.54, 1.807) is 30.3 Å². The molecule has 40 heavy (non-hydrogen) atoms. The number of methoxy groups -OCH3 is 1. The number of rotatable bonds is 10. The number of thiophene rings is 1. The molecule has 3 aromatic rings. The van der Waals surface area contributed by atoms with Crippen LogP contribution in [0.2, 0.25) is 0 Å². The van der Waals surface area contributed by atoms with Gasteiger partial charge >= 0.3 is 0 Å². The third-order valence-electron chi connectivity index (χ3n) is 6.43. The molecule has 1 aliphatic carbocycles. The number of carbonyl (C=O) groups excluding carboxylic acids is 1. The number of nitrogens with one attached hydrogen (secondary N) is 1. The van der Waals surface area contributed by atoms with Crippen LogP contribution in [0, 0.1) is 32.8 Å². The second-order valence-corrected chi connectivity index (χ2v) is 10.2. The summed E-state index contributed by atoms with van der Waals surface area (Å²) in [6, 6.07) is 13.7. The van der Waals surface area contributed by atoms with Crippen molar-refractivity contribution >= 4 is 34.0 Å². The van der Waals surface area contributed by atoms with Gasteiger partial charge in [0.25, 0.3) is 11.6 Å². The Labute approximate surface area is 235 Å². The first-order chi connectivity index (χ1) is 19.4. The van der Waals surface area contributed by atoms with Gasteiger partial charge in [0.2, 0.25) is 0 Å². The normalized spacial score (nSPS) is 12.4. The third-order valence-corrected chi connectivity index (χ3v) is 7.64. The zero-order chi connectivity index (χ0) is 28.6. The number of hydrogen-bond acceptors (Lipinski definition) is 8. The Morgan fingerprint density at radius 2 is 2.05 bits per heavy atom. The summed E-state index contributed by atoms with van der Waals surface area (Å²) in [7, 11) is 1.47. The minimum absolute atomic E-state index is 0.0354. The Morgan fingerprint density at radius 1 is 1.25 bits per heavy atom. The lowest BCUT2D eigenvalue weighted by Crippen LogP contribution is -2.13. The van der Waals surface area contributed by atoms with Crippen molar-refractivity contribution in [1.82, 2.24) is 0 Å². The SMILES string of the molecule is C=CCc1cc(/C=C(\C#N)C(=O)Nc2sc3c(c2C#N)CCCC3)cc(OC)c1OCc1cccc([N+](=O)[O-])c1. The van der Waals surface area contributed by atoms with E-state index >= 15 is 0 Å². The van der Waals surface area contributed by atoms with Gasteiger partial charge in [-0.15, -0.1) is 17.9 Å². The second-order valence-electron chi connectivity index (χ2n) is 9.07. The highest BCUT2D eigenvalue weighted by Gasteiger charge is 2.23. The summed E-state index contributed by atoms with van der Waals surface area (Å²) in [6.45, 7) is 3.86. The molecule has 0 bridgehead atoms. The molecule has 202 valence electrons. The molecule has 0 saturated carbocycles. The van der Waals surface area contributed by atoms with Crippen LogP contribution in [-0.4, -0.2) is 17.9 Å². The summed E-state index contributed by atoms with van der Waals surface area (Å²) in [4.78, 5) is 24.8. The van der Waals surface area contributed by atoms with Crippen LogP contribution in [-0.2, 0) is 30.7 Å². The molecule has 9 nitrogen and oxygen atoms in total. The van der Waals surface area contributed by atoms with E-state index < -0.39 is 10.8 Å². The van der Waals surface area contributed by atoms with Crippen molar-refractivity contribution in [3.05, 3.63) is 97.4 Å². The van der Waals surface area contributed by atoms with Gasteiger partial charge in [-0.05, 0) is 67.0 Å². The summed E-state index contributed by atoms with van der Waals surface area (Å²) < 4.78 is 11.6. The molecule has 2 aromatic carbocycles. The fraction of sp³-hybridized carbons (Fsp3) is 0.233. The first kappa shape index (κ1) is 28.1. The van der Waals surface area contributed by atoms with E-state index in [0.29, 0.717) is 45.2 Å². The number of nitrogens with zero attached hydrogens (tertiary/aromatic N) is 3. The number of allylic oxidation sites excluding steroid dienone is 1.